The van der Waals surface area contributed by atoms with Crippen LogP contribution in [0.4, 0.5) is 0 Å². The molecule has 3 rings (SSSR count). The van der Waals surface area contributed by atoms with Crippen molar-refractivity contribution in [3.05, 3.63) is 74.8 Å². The molecular formula is C19H20N2O3S3. The van der Waals surface area contributed by atoms with Crippen LogP contribution in [0.15, 0.2) is 57.4 Å². The zero-order valence-corrected chi connectivity index (χ0v) is 17.3. The Labute approximate surface area is 166 Å². The fourth-order valence-electron chi connectivity index (χ4n) is 2.65. The van der Waals surface area contributed by atoms with E-state index in [0.29, 0.717) is 5.92 Å². The summed E-state index contributed by atoms with van der Waals surface area (Å²) in [6.45, 7) is 4.26. The fraction of sp³-hybridized carbons (Fsp3) is 0.211. The van der Waals surface area contributed by atoms with Crippen molar-refractivity contribution in [2.45, 2.75) is 30.0 Å². The summed E-state index contributed by atoms with van der Waals surface area (Å²) in [5.74, 6) is 0.0868. The minimum Gasteiger partial charge on any atom is -0.340 e. The zero-order chi connectivity index (χ0) is 19.6. The van der Waals surface area contributed by atoms with Gasteiger partial charge in [0.25, 0.3) is 5.91 Å². The molecule has 0 bridgehead atoms. The summed E-state index contributed by atoms with van der Waals surface area (Å²) in [6.07, 6.45) is 0. The minimum atomic E-state index is -3.81. The Balaban J connectivity index is 1.88. The van der Waals surface area contributed by atoms with Crippen LogP contribution in [-0.4, -0.2) is 14.3 Å². The Kier molecular flexibility index (Phi) is 5.81. The van der Waals surface area contributed by atoms with Crippen molar-refractivity contribution in [2.75, 3.05) is 0 Å². The molecule has 2 heterocycles. The summed E-state index contributed by atoms with van der Waals surface area (Å²) in [5.41, 5.74) is 2.48. The molecule has 1 aromatic carbocycles. The van der Waals surface area contributed by atoms with Gasteiger partial charge in [-0.1, -0.05) is 44.2 Å². The third kappa shape index (κ3) is 4.65. The van der Waals surface area contributed by atoms with Crippen LogP contribution < -0.4 is 10.5 Å². The summed E-state index contributed by atoms with van der Waals surface area (Å²) < 4.78 is 22.9. The van der Waals surface area contributed by atoms with Gasteiger partial charge in [-0.05, 0) is 34.6 Å². The number of hydrogen-bond acceptors (Lipinski definition) is 5. The van der Waals surface area contributed by atoms with Gasteiger partial charge in [-0.25, -0.2) is 13.6 Å². The Morgan fingerprint density at radius 3 is 2.26 bits per heavy atom. The first kappa shape index (κ1) is 19.8. The second kappa shape index (κ2) is 7.93. The molecule has 0 aliphatic carbocycles. The summed E-state index contributed by atoms with van der Waals surface area (Å²) in [4.78, 5) is 13.7. The molecule has 0 aliphatic rings. The molecule has 1 amide bonds. The molecule has 8 heteroatoms. The number of rotatable bonds is 6. The van der Waals surface area contributed by atoms with Crippen molar-refractivity contribution in [3.63, 3.8) is 0 Å². The highest BCUT2D eigenvalue weighted by Gasteiger charge is 2.21. The smallest absolute Gasteiger partial charge is 0.252 e. The largest absolute Gasteiger partial charge is 0.340 e. The Morgan fingerprint density at radius 2 is 1.74 bits per heavy atom. The van der Waals surface area contributed by atoms with E-state index in [1.54, 1.807) is 11.3 Å². The predicted octanol–water partition coefficient (Wildman–Crippen LogP) is 4.10. The van der Waals surface area contributed by atoms with E-state index in [0.717, 1.165) is 21.8 Å². The van der Waals surface area contributed by atoms with E-state index >= 15 is 0 Å². The minimum absolute atomic E-state index is 0.0263. The normalized spacial score (nSPS) is 12.9. The van der Waals surface area contributed by atoms with E-state index in [1.165, 1.54) is 17.0 Å². The SMILES string of the molecule is CC(C)c1ccc(C(NC(=O)c2csc(S(N)(=O)=O)c2)c2cccs2)cc1. The number of primary sulfonamides is 1. The van der Waals surface area contributed by atoms with Gasteiger partial charge in [0.2, 0.25) is 10.0 Å². The first-order chi connectivity index (χ1) is 12.8. The van der Waals surface area contributed by atoms with Gasteiger partial charge in [-0.15, -0.1) is 22.7 Å². The van der Waals surface area contributed by atoms with Crippen LogP contribution in [0.25, 0.3) is 0 Å². The molecule has 1 atom stereocenters. The third-order valence-electron chi connectivity index (χ3n) is 4.16. The summed E-state index contributed by atoms with van der Waals surface area (Å²) >= 11 is 2.49. The van der Waals surface area contributed by atoms with Crippen molar-refractivity contribution in [1.82, 2.24) is 5.32 Å². The lowest BCUT2D eigenvalue weighted by Crippen LogP contribution is -2.28. The second-order valence-corrected chi connectivity index (χ2v) is 10.1. The first-order valence-corrected chi connectivity index (χ1v) is 11.6. The molecule has 2 aromatic heterocycles. The van der Waals surface area contributed by atoms with Crippen molar-refractivity contribution >= 4 is 38.6 Å². The molecule has 3 aromatic rings. The average molecular weight is 421 g/mol. The molecule has 0 fully saturated rings. The lowest BCUT2D eigenvalue weighted by atomic mass is 9.98. The van der Waals surface area contributed by atoms with Crippen LogP contribution in [-0.2, 0) is 10.0 Å². The number of carbonyl (C=O) groups is 1. The molecular weight excluding hydrogens is 400 g/mol. The number of thiophene rings is 2. The van der Waals surface area contributed by atoms with Crippen LogP contribution >= 0.6 is 22.7 Å². The number of nitrogens with two attached hydrogens (primary N) is 1. The summed E-state index contributed by atoms with van der Waals surface area (Å²) in [6, 6.07) is 13.1. The molecule has 0 saturated carbocycles. The van der Waals surface area contributed by atoms with Crippen LogP contribution in [0.5, 0.6) is 0 Å². The first-order valence-electron chi connectivity index (χ1n) is 8.31. The lowest BCUT2D eigenvalue weighted by Gasteiger charge is -2.18. The summed E-state index contributed by atoms with van der Waals surface area (Å²) in [5, 5.41) is 11.6. The second-order valence-electron chi connectivity index (χ2n) is 6.44. The van der Waals surface area contributed by atoms with Gasteiger partial charge < -0.3 is 5.32 Å². The molecule has 1 unspecified atom stereocenters. The van der Waals surface area contributed by atoms with E-state index < -0.39 is 10.0 Å². The number of benzene rings is 1. The third-order valence-corrected chi connectivity index (χ3v) is 7.48. The number of sulfonamides is 1. The van der Waals surface area contributed by atoms with E-state index in [-0.39, 0.29) is 21.7 Å². The average Bonchev–Trinajstić information content (AvgIpc) is 3.30. The highest BCUT2D eigenvalue weighted by molar-refractivity contribution is 7.91. The molecule has 27 heavy (non-hydrogen) atoms. The highest BCUT2D eigenvalue weighted by Crippen LogP contribution is 2.28. The summed E-state index contributed by atoms with van der Waals surface area (Å²) in [7, 11) is -3.81. The van der Waals surface area contributed by atoms with Crippen LogP contribution in [0.2, 0.25) is 0 Å². The van der Waals surface area contributed by atoms with Gasteiger partial charge >= 0.3 is 0 Å². The molecule has 5 nitrogen and oxygen atoms in total. The molecule has 0 radical (unpaired) electrons. The van der Waals surface area contributed by atoms with Gasteiger partial charge in [-0.2, -0.15) is 0 Å². The van der Waals surface area contributed by atoms with E-state index in [4.69, 9.17) is 5.14 Å². The maximum atomic E-state index is 12.7. The predicted molar refractivity (Wildman–Crippen MR) is 110 cm³/mol. The maximum Gasteiger partial charge on any atom is 0.252 e. The maximum absolute atomic E-state index is 12.7. The highest BCUT2D eigenvalue weighted by atomic mass is 32.2. The topological polar surface area (TPSA) is 89.3 Å². The van der Waals surface area contributed by atoms with Crippen LogP contribution in [0, 0.1) is 0 Å². The van der Waals surface area contributed by atoms with Crippen molar-refractivity contribution in [1.29, 1.82) is 0 Å². The lowest BCUT2D eigenvalue weighted by molar-refractivity contribution is 0.0944. The van der Waals surface area contributed by atoms with Gasteiger partial charge in [-0.3, -0.25) is 4.79 Å². The van der Waals surface area contributed by atoms with Gasteiger partial charge in [0.05, 0.1) is 11.6 Å². The van der Waals surface area contributed by atoms with Crippen molar-refractivity contribution in [2.24, 2.45) is 5.14 Å². The zero-order valence-electron chi connectivity index (χ0n) is 14.9. The molecule has 0 aliphatic heterocycles. The van der Waals surface area contributed by atoms with Gasteiger partial charge in [0.15, 0.2) is 0 Å². The molecule has 3 N–H and O–H groups in total. The van der Waals surface area contributed by atoms with Gasteiger partial charge in [0, 0.05) is 10.3 Å². The van der Waals surface area contributed by atoms with Crippen LogP contribution in [0.3, 0.4) is 0 Å². The number of amides is 1. The van der Waals surface area contributed by atoms with E-state index in [1.807, 2.05) is 29.6 Å². The Bertz CT molecular complexity index is 1020. The number of nitrogens with one attached hydrogen (secondary N) is 1. The molecule has 0 spiro atoms. The monoisotopic (exact) mass is 420 g/mol. The standard InChI is InChI=1S/C19H20N2O3S3/c1-12(2)13-5-7-14(8-6-13)18(16-4-3-9-25-16)21-19(22)15-10-17(26-11-15)27(20,23)24/h3-12,18H,1-2H3,(H,21,22)(H2,20,23,24). The van der Waals surface area contributed by atoms with E-state index in [2.05, 4.69) is 31.3 Å². The van der Waals surface area contributed by atoms with Crippen molar-refractivity contribution in [3.8, 4) is 0 Å². The molecule has 142 valence electrons. The Hall–Kier alpha value is -2.00. The van der Waals surface area contributed by atoms with Gasteiger partial charge in [0.1, 0.15) is 4.21 Å². The fourth-order valence-corrected chi connectivity index (χ4v) is 5.03. The molecule has 0 saturated heterocycles. The van der Waals surface area contributed by atoms with E-state index in [9.17, 15) is 13.2 Å². The van der Waals surface area contributed by atoms with Crippen molar-refractivity contribution < 1.29 is 13.2 Å². The number of carbonyl (C=O) groups excluding carboxylic acids is 1. The van der Waals surface area contributed by atoms with Crippen LogP contribution in [0.1, 0.15) is 52.2 Å². The Morgan fingerprint density at radius 1 is 1.07 bits per heavy atom. The number of hydrogen-bond donors (Lipinski definition) is 2. The quantitative estimate of drug-likeness (QED) is 0.629.